The maximum atomic E-state index is 5.66. The number of thiophene rings is 1. The second kappa shape index (κ2) is 6.82. The fourth-order valence-corrected chi connectivity index (χ4v) is 4.57. The highest BCUT2D eigenvalue weighted by molar-refractivity contribution is 7.71. The Morgan fingerprint density at radius 3 is 2.88 bits per heavy atom. The molecule has 0 unspecified atom stereocenters. The number of nitrogens with zero attached hydrogens (tertiary/aromatic N) is 5. The van der Waals surface area contributed by atoms with Crippen LogP contribution < -0.4 is 0 Å². The second-order valence-electron chi connectivity index (χ2n) is 6.52. The quantitative estimate of drug-likeness (QED) is 0.642. The highest BCUT2D eigenvalue weighted by atomic mass is 32.1. The molecule has 0 amide bonds. The van der Waals surface area contributed by atoms with E-state index in [1.165, 1.54) is 28.8 Å². The minimum Gasteiger partial charge on any atom is -0.276 e. The summed E-state index contributed by atoms with van der Waals surface area (Å²) in [7, 11) is 0. The zero-order valence-electron chi connectivity index (χ0n) is 14.4. The van der Waals surface area contributed by atoms with Crippen molar-refractivity contribution in [2.24, 2.45) is 0 Å². The SMILES string of the molecule is Cc1cccc(-n2nnn(CN3CCC[C@H]3c3cccs3)c2=S)c1C. The molecule has 3 aromatic rings. The first kappa shape index (κ1) is 16.6. The zero-order chi connectivity index (χ0) is 17.4. The van der Waals surface area contributed by atoms with Gasteiger partial charge in [0.1, 0.15) is 0 Å². The summed E-state index contributed by atoms with van der Waals surface area (Å²) in [6.45, 7) is 5.95. The Hall–Kier alpha value is -1.83. The van der Waals surface area contributed by atoms with E-state index in [1.807, 2.05) is 28.2 Å². The van der Waals surface area contributed by atoms with Gasteiger partial charge in [-0.1, -0.05) is 18.2 Å². The third-order valence-corrected chi connectivity index (χ3v) is 6.35. The molecule has 0 radical (unpaired) electrons. The van der Waals surface area contributed by atoms with Crippen LogP contribution in [0.5, 0.6) is 0 Å². The minimum atomic E-state index is 0.466. The largest absolute Gasteiger partial charge is 0.276 e. The molecule has 3 heterocycles. The van der Waals surface area contributed by atoms with Gasteiger partial charge in [0.2, 0.25) is 4.77 Å². The van der Waals surface area contributed by atoms with Crippen LogP contribution in [0.15, 0.2) is 35.7 Å². The fourth-order valence-electron chi connectivity index (χ4n) is 3.45. The number of likely N-dealkylation sites (tertiary alicyclic amines) is 1. The van der Waals surface area contributed by atoms with Crippen LogP contribution in [0.4, 0.5) is 0 Å². The smallest absolute Gasteiger partial charge is 0.221 e. The molecule has 0 bridgehead atoms. The summed E-state index contributed by atoms with van der Waals surface area (Å²) < 4.78 is 4.25. The normalized spacial score (nSPS) is 18.1. The van der Waals surface area contributed by atoms with Crippen LogP contribution in [-0.4, -0.2) is 31.2 Å². The van der Waals surface area contributed by atoms with Crippen molar-refractivity contribution in [3.05, 3.63) is 56.5 Å². The van der Waals surface area contributed by atoms with E-state index in [9.17, 15) is 0 Å². The number of aromatic nitrogens is 4. The maximum Gasteiger partial charge on any atom is 0.221 e. The van der Waals surface area contributed by atoms with Gasteiger partial charge in [0.25, 0.3) is 0 Å². The van der Waals surface area contributed by atoms with Crippen molar-refractivity contribution in [1.82, 2.24) is 24.7 Å². The van der Waals surface area contributed by atoms with Gasteiger partial charge in [-0.15, -0.1) is 11.3 Å². The number of hydrogen-bond donors (Lipinski definition) is 0. The van der Waals surface area contributed by atoms with E-state index >= 15 is 0 Å². The molecule has 1 aromatic carbocycles. The van der Waals surface area contributed by atoms with Crippen molar-refractivity contribution in [2.75, 3.05) is 6.54 Å². The number of aryl methyl sites for hydroxylation is 1. The van der Waals surface area contributed by atoms with E-state index in [-0.39, 0.29) is 0 Å². The summed E-state index contributed by atoms with van der Waals surface area (Å²) in [6, 6.07) is 11.0. The van der Waals surface area contributed by atoms with Gasteiger partial charge in [-0.25, -0.2) is 4.68 Å². The van der Waals surface area contributed by atoms with Crippen LogP contribution >= 0.6 is 23.6 Å². The highest BCUT2D eigenvalue weighted by Crippen LogP contribution is 2.34. The summed E-state index contributed by atoms with van der Waals surface area (Å²) in [5.41, 5.74) is 3.42. The molecule has 1 aliphatic rings. The van der Waals surface area contributed by atoms with Gasteiger partial charge in [0.05, 0.1) is 12.4 Å². The van der Waals surface area contributed by atoms with E-state index in [2.05, 4.69) is 52.8 Å². The van der Waals surface area contributed by atoms with Crippen LogP contribution in [0.25, 0.3) is 5.69 Å². The molecular formula is C18H21N5S2. The average Bonchev–Trinajstić information content (AvgIpc) is 3.33. The maximum absolute atomic E-state index is 5.66. The molecule has 1 fully saturated rings. The van der Waals surface area contributed by atoms with E-state index in [4.69, 9.17) is 12.2 Å². The molecule has 25 heavy (non-hydrogen) atoms. The van der Waals surface area contributed by atoms with Crippen molar-refractivity contribution in [3.8, 4) is 5.69 Å². The van der Waals surface area contributed by atoms with Gasteiger partial charge in [-0.2, -0.15) is 4.68 Å². The predicted octanol–water partition coefficient (Wildman–Crippen LogP) is 4.27. The van der Waals surface area contributed by atoms with Crippen molar-refractivity contribution in [3.63, 3.8) is 0 Å². The third-order valence-electron chi connectivity index (χ3n) is 4.99. The molecule has 0 saturated carbocycles. The first-order valence-corrected chi connectivity index (χ1v) is 9.81. The van der Waals surface area contributed by atoms with Crippen LogP contribution in [0, 0.1) is 18.6 Å². The van der Waals surface area contributed by atoms with Gasteiger partial charge in [0.15, 0.2) is 0 Å². The second-order valence-corrected chi connectivity index (χ2v) is 7.86. The Kier molecular flexibility index (Phi) is 4.54. The third kappa shape index (κ3) is 3.07. The molecule has 1 saturated heterocycles. The van der Waals surface area contributed by atoms with Crippen LogP contribution in [0.3, 0.4) is 0 Å². The number of rotatable bonds is 4. The van der Waals surface area contributed by atoms with Gasteiger partial charge in [-0.3, -0.25) is 4.90 Å². The monoisotopic (exact) mass is 371 g/mol. The molecule has 1 aliphatic heterocycles. The van der Waals surface area contributed by atoms with Gasteiger partial charge < -0.3 is 0 Å². The first-order chi connectivity index (χ1) is 12.1. The first-order valence-electron chi connectivity index (χ1n) is 8.52. The average molecular weight is 372 g/mol. The lowest BCUT2D eigenvalue weighted by molar-refractivity contribution is 0.190. The van der Waals surface area contributed by atoms with Crippen molar-refractivity contribution in [1.29, 1.82) is 0 Å². The summed E-state index contributed by atoms with van der Waals surface area (Å²) in [5.74, 6) is 0. The highest BCUT2D eigenvalue weighted by Gasteiger charge is 2.27. The number of tetrazole rings is 1. The molecule has 2 aromatic heterocycles. The molecule has 4 rings (SSSR count). The summed E-state index contributed by atoms with van der Waals surface area (Å²) >= 11 is 7.49. The summed E-state index contributed by atoms with van der Waals surface area (Å²) in [4.78, 5) is 3.87. The molecular weight excluding hydrogens is 350 g/mol. The van der Waals surface area contributed by atoms with Crippen molar-refractivity contribution < 1.29 is 0 Å². The Labute approximate surface area is 156 Å². The predicted molar refractivity (Wildman–Crippen MR) is 103 cm³/mol. The molecule has 7 heteroatoms. The van der Waals surface area contributed by atoms with Gasteiger partial charge in [0, 0.05) is 17.5 Å². The van der Waals surface area contributed by atoms with E-state index in [1.54, 1.807) is 4.68 Å². The zero-order valence-corrected chi connectivity index (χ0v) is 16.1. The Balaban J connectivity index is 1.62. The molecule has 5 nitrogen and oxygen atoms in total. The van der Waals surface area contributed by atoms with Crippen LogP contribution in [0.1, 0.15) is 34.9 Å². The summed E-state index contributed by atoms with van der Waals surface area (Å²) in [6.07, 6.45) is 2.40. The van der Waals surface area contributed by atoms with Crippen molar-refractivity contribution in [2.45, 2.75) is 39.4 Å². The number of benzene rings is 1. The van der Waals surface area contributed by atoms with E-state index in [0.717, 1.165) is 12.2 Å². The Morgan fingerprint density at radius 1 is 1.20 bits per heavy atom. The lowest BCUT2D eigenvalue weighted by Crippen LogP contribution is -2.26. The lowest BCUT2D eigenvalue weighted by atomic mass is 10.1. The topological polar surface area (TPSA) is 38.9 Å². The van der Waals surface area contributed by atoms with Gasteiger partial charge in [-0.05, 0) is 78.0 Å². The molecule has 0 spiro atoms. The molecule has 130 valence electrons. The molecule has 1 atom stereocenters. The minimum absolute atomic E-state index is 0.466. The lowest BCUT2D eigenvalue weighted by Gasteiger charge is -2.22. The molecule has 0 N–H and O–H groups in total. The fraction of sp³-hybridized carbons (Fsp3) is 0.389. The summed E-state index contributed by atoms with van der Waals surface area (Å²) in [5, 5.41) is 10.8. The molecule has 0 aliphatic carbocycles. The van der Waals surface area contributed by atoms with E-state index < -0.39 is 0 Å². The van der Waals surface area contributed by atoms with Crippen LogP contribution in [-0.2, 0) is 6.67 Å². The number of hydrogen-bond acceptors (Lipinski definition) is 5. The van der Waals surface area contributed by atoms with Crippen molar-refractivity contribution >= 4 is 23.6 Å². The van der Waals surface area contributed by atoms with Crippen LogP contribution in [0.2, 0.25) is 0 Å². The standard InChI is InChI=1S/C18H21N5S2/c1-13-6-3-7-15(14(13)2)23-18(24)22(19-20-23)12-21-10-4-8-16(21)17-9-5-11-25-17/h3,5-7,9,11,16H,4,8,10,12H2,1-2H3/t16-/m0/s1. The van der Waals surface area contributed by atoms with Gasteiger partial charge >= 0.3 is 0 Å². The Bertz CT molecular complexity index is 925. The Morgan fingerprint density at radius 2 is 2.08 bits per heavy atom. The van der Waals surface area contributed by atoms with E-state index in [0.29, 0.717) is 17.5 Å².